The third-order valence-electron chi connectivity index (χ3n) is 3.36. The van der Waals surface area contributed by atoms with E-state index in [1.165, 1.54) is 4.88 Å². The second kappa shape index (κ2) is 10.6. The molecule has 128 valence electrons. The Labute approximate surface area is 158 Å². The van der Waals surface area contributed by atoms with Crippen molar-refractivity contribution in [1.82, 2.24) is 25.4 Å². The number of nitrogens with zero attached hydrogens (tertiary/aromatic N) is 4. The lowest BCUT2D eigenvalue weighted by molar-refractivity contribution is 0.685. The molecule has 2 rings (SSSR count). The molecule has 1 atom stereocenters. The summed E-state index contributed by atoms with van der Waals surface area (Å²) >= 11 is 1.79. The molecule has 0 aliphatic rings. The molecule has 2 aromatic rings. The first-order valence-corrected chi connectivity index (χ1v) is 8.54. The Morgan fingerprint density at radius 1 is 1.39 bits per heavy atom. The highest BCUT2D eigenvalue weighted by Crippen LogP contribution is 2.19. The van der Waals surface area contributed by atoms with Gasteiger partial charge in [-0.2, -0.15) is 0 Å². The minimum Gasteiger partial charge on any atom is -0.357 e. The molecular formula is C15H25IN6S. The van der Waals surface area contributed by atoms with Crippen LogP contribution in [0.5, 0.6) is 0 Å². The Balaban J connectivity index is 0.00000264. The molecular weight excluding hydrogens is 423 g/mol. The maximum Gasteiger partial charge on any atom is 0.191 e. The summed E-state index contributed by atoms with van der Waals surface area (Å²) in [6.07, 6.45) is 1.74. The van der Waals surface area contributed by atoms with Gasteiger partial charge in [0.2, 0.25) is 0 Å². The van der Waals surface area contributed by atoms with Crippen molar-refractivity contribution in [3.63, 3.8) is 0 Å². The van der Waals surface area contributed by atoms with E-state index in [4.69, 9.17) is 0 Å². The van der Waals surface area contributed by atoms with Gasteiger partial charge in [0.25, 0.3) is 0 Å². The van der Waals surface area contributed by atoms with Crippen molar-refractivity contribution in [2.24, 2.45) is 4.99 Å². The highest BCUT2D eigenvalue weighted by Gasteiger charge is 2.08. The molecule has 8 heteroatoms. The van der Waals surface area contributed by atoms with Crippen molar-refractivity contribution in [2.45, 2.75) is 39.8 Å². The van der Waals surface area contributed by atoms with Gasteiger partial charge in [-0.1, -0.05) is 13.0 Å². The molecule has 2 N–H and O–H groups in total. The fourth-order valence-electron chi connectivity index (χ4n) is 2.08. The van der Waals surface area contributed by atoms with Gasteiger partial charge in [-0.15, -0.1) is 45.5 Å². The molecule has 23 heavy (non-hydrogen) atoms. The molecule has 1 unspecified atom stereocenters. The molecule has 0 aliphatic heterocycles. The monoisotopic (exact) mass is 448 g/mol. The summed E-state index contributed by atoms with van der Waals surface area (Å²) in [5, 5.41) is 16.8. The van der Waals surface area contributed by atoms with Crippen LogP contribution in [-0.2, 0) is 13.1 Å². The first kappa shape index (κ1) is 19.9. The molecule has 0 saturated heterocycles. The Morgan fingerprint density at radius 3 is 2.87 bits per heavy atom. The van der Waals surface area contributed by atoms with E-state index in [0.29, 0.717) is 12.5 Å². The van der Waals surface area contributed by atoms with Crippen LogP contribution < -0.4 is 10.6 Å². The van der Waals surface area contributed by atoms with E-state index >= 15 is 0 Å². The van der Waals surface area contributed by atoms with Crippen molar-refractivity contribution in [3.8, 4) is 0 Å². The number of aromatic nitrogens is 3. The molecule has 0 bridgehead atoms. The Bertz CT molecular complexity index is 581. The molecule has 0 aliphatic carbocycles. The maximum absolute atomic E-state index is 4.59. The van der Waals surface area contributed by atoms with Crippen molar-refractivity contribution >= 4 is 41.3 Å². The number of aliphatic imine (C=N–C) groups is 1. The van der Waals surface area contributed by atoms with Crippen LogP contribution in [-0.4, -0.2) is 33.8 Å². The van der Waals surface area contributed by atoms with Gasteiger partial charge in [0.05, 0.1) is 0 Å². The first-order chi connectivity index (χ1) is 10.7. The Kier molecular flexibility index (Phi) is 9.15. The Morgan fingerprint density at radius 2 is 2.22 bits per heavy atom. The zero-order valence-electron chi connectivity index (χ0n) is 13.8. The largest absolute Gasteiger partial charge is 0.357 e. The molecule has 0 amide bonds. The van der Waals surface area contributed by atoms with Gasteiger partial charge in [-0.25, -0.2) is 4.99 Å². The quantitative estimate of drug-likeness (QED) is 0.389. The van der Waals surface area contributed by atoms with E-state index in [1.54, 1.807) is 17.7 Å². The smallest absolute Gasteiger partial charge is 0.191 e. The fraction of sp³-hybridized carbons (Fsp3) is 0.533. The van der Waals surface area contributed by atoms with Gasteiger partial charge in [0, 0.05) is 30.4 Å². The summed E-state index contributed by atoms with van der Waals surface area (Å²) in [6, 6.07) is 4.26. The predicted octanol–water partition coefficient (Wildman–Crippen LogP) is 2.84. The van der Waals surface area contributed by atoms with E-state index in [9.17, 15) is 0 Å². The van der Waals surface area contributed by atoms with Gasteiger partial charge in [0.15, 0.2) is 11.8 Å². The van der Waals surface area contributed by atoms with Crippen molar-refractivity contribution < 1.29 is 0 Å². The van der Waals surface area contributed by atoms with Crippen LogP contribution in [0, 0.1) is 0 Å². The van der Waals surface area contributed by atoms with Crippen LogP contribution in [0.3, 0.4) is 0 Å². The number of thiophene rings is 1. The number of hydrogen-bond acceptors (Lipinski definition) is 4. The average molecular weight is 448 g/mol. The van der Waals surface area contributed by atoms with E-state index in [0.717, 1.165) is 31.4 Å². The van der Waals surface area contributed by atoms with Crippen molar-refractivity contribution in [2.75, 3.05) is 13.1 Å². The summed E-state index contributed by atoms with van der Waals surface area (Å²) in [5.74, 6) is 2.16. The van der Waals surface area contributed by atoms with Gasteiger partial charge in [-0.3, -0.25) is 0 Å². The lowest BCUT2D eigenvalue weighted by Gasteiger charge is -2.15. The van der Waals surface area contributed by atoms with Crippen LogP contribution in [0.15, 0.2) is 28.8 Å². The minimum absolute atomic E-state index is 0. The standard InChI is InChI=1S/C15H24N6S.HI/c1-4-16-15(17-9-12(3)13-7-6-8-22-13)18-10-14-20-19-11-21(14)5-2;/h6-8,11-12H,4-5,9-10H2,1-3H3,(H2,16,17,18);1H. The van der Waals surface area contributed by atoms with Gasteiger partial charge in [-0.05, 0) is 25.3 Å². The molecule has 0 aromatic carbocycles. The highest BCUT2D eigenvalue weighted by atomic mass is 127. The molecule has 0 spiro atoms. The normalized spacial score (nSPS) is 12.6. The van der Waals surface area contributed by atoms with Gasteiger partial charge in [0.1, 0.15) is 12.9 Å². The molecule has 6 nitrogen and oxygen atoms in total. The molecule has 0 fully saturated rings. The average Bonchev–Trinajstić information content (AvgIpc) is 3.20. The lowest BCUT2D eigenvalue weighted by Crippen LogP contribution is -2.39. The zero-order chi connectivity index (χ0) is 15.8. The Hall–Kier alpha value is -1.16. The number of aryl methyl sites for hydroxylation is 1. The second-order valence-electron chi connectivity index (χ2n) is 5.03. The maximum atomic E-state index is 4.59. The number of guanidine groups is 1. The number of rotatable bonds is 7. The third-order valence-corrected chi connectivity index (χ3v) is 4.47. The van der Waals surface area contributed by atoms with Crippen molar-refractivity contribution in [3.05, 3.63) is 34.5 Å². The topological polar surface area (TPSA) is 67.1 Å². The first-order valence-electron chi connectivity index (χ1n) is 7.66. The summed E-state index contributed by atoms with van der Waals surface area (Å²) in [4.78, 5) is 5.98. The van der Waals surface area contributed by atoms with Crippen molar-refractivity contribution in [1.29, 1.82) is 0 Å². The highest BCUT2D eigenvalue weighted by molar-refractivity contribution is 14.0. The van der Waals surface area contributed by atoms with Crippen LogP contribution >= 0.6 is 35.3 Å². The summed E-state index contributed by atoms with van der Waals surface area (Å²) < 4.78 is 2.00. The molecule has 0 saturated carbocycles. The van der Waals surface area contributed by atoms with Gasteiger partial charge >= 0.3 is 0 Å². The van der Waals surface area contributed by atoms with E-state index in [-0.39, 0.29) is 24.0 Å². The molecule has 2 aromatic heterocycles. The minimum atomic E-state index is 0. The predicted molar refractivity (Wildman–Crippen MR) is 107 cm³/mol. The number of nitrogens with one attached hydrogen (secondary N) is 2. The van der Waals surface area contributed by atoms with Crippen LogP contribution in [0.2, 0.25) is 0 Å². The SMILES string of the molecule is CCNC(=NCc1nncn1CC)NCC(C)c1cccs1.I. The van der Waals surface area contributed by atoms with Gasteiger partial charge < -0.3 is 15.2 Å². The zero-order valence-corrected chi connectivity index (χ0v) is 17.0. The fourth-order valence-corrected chi connectivity index (χ4v) is 2.87. The van der Waals surface area contributed by atoms with Crippen LogP contribution in [0.4, 0.5) is 0 Å². The lowest BCUT2D eigenvalue weighted by atomic mass is 10.1. The summed E-state index contributed by atoms with van der Waals surface area (Å²) in [6.45, 7) is 9.42. The summed E-state index contributed by atoms with van der Waals surface area (Å²) in [7, 11) is 0. The summed E-state index contributed by atoms with van der Waals surface area (Å²) in [5.41, 5.74) is 0. The molecule has 2 heterocycles. The van der Waals surface area contributed by atoms with E-state index < -0.39 is 0 Å². The number of halogens is 1. The van der Waals surface area contributed by atoms with E-state index in [1.807, 2.05) is 4.57 Å². The van der Waals surface area contributed by atoms with Crippen LogP contribution in [0.25, 0.3) is 0 Å². The molecule has 0 radical (unpaired) electrons. The number of hydrogen-bond donors (Lipinski definition) is 2. The third kappa shape index (κ3) is 6.09. The van der Waals surface area contributed by atoms with E-state index in [2.05, 4.69) is 64.1 Å². The second-order valence-corrected chi connectivity index (χ2v) is 6.00. The van der Waals surface area contributed by atoms with Crippen LogP contribution in [0.1, 0.15) is 37.4 Å².